The van der Waals surface area contributed by atoms with E-state index in [0.29, 0.717) is 24.8 Å². The number of nitrogens with zero attached hydrogens (tertiary/aromatic N) is 4. The van der Waals surface area contributed by atoms with Crippen LogP contribution in [0.3, 0.4) is 0 Å². The minimum atomic E-state index is -4.76. The molecule has 0 radical (unpaired) electrons. The minimum Gasteiger partial charge on any atom is -0.341 e. The van der Waals surface area contributed by atoms with Crippen LogP contribution in [0.2, 0.25) is 0 Å². The zero-order valence-corrected chi connectivity index (χ0v) is 17.5. The van der Waals surface area contributed by atoms with Crippen LogP contribution >= 0.6 is 0 Å². The van der Waals surface area contributed by atoms with Gasteiger partial charge in [-0.3, -0.25) is 4.79 Å². The lowest BCUT2D eigenvalue weighted by molar-refractivity contribution is -0.141. The second-order valence-corrected chi connectivity index (χ2v) is 8.21. The van der Waals surface area contributed by atoms with Crippen molar-refractivity contribution in [2.24, 2.45) is 0 Å². The van der Waals surface area contributed by atoms with E-state index in [2.05, 4.69) is 20.2 Å². The molecule has 0 aliphatic carbocycles. The maximum Gasteiger partial charge on any atom is 0.434 e. The molecule has 1 aromatic carbocycles. The first kappa shape index (κ1) is 21.5. The quantitative estimate of drug-likeness (QED) is 0.786. The van der Waals surface area contributed by atoms with Gasteiger partial charge in [-0.2, -0.15) is 13.2 Å². The molecule has 1 N–H and O–H groups in total. The summed E-state index contributed by atoms with van der Waals surface area (Å²) in [6, 6.07) is 7.34. The third-order valence-electron chi connectivity index (χ3n) is 5.97. The topological polar surface area (TPSA) is 61.4 Å². The molecule has 0 saturated carbocycles. The Morgan fingerprint density at radius 1 is 1.13 bits per heavy atom. The molecule has 1 aromatic heterocycles. The van der Waals surface area contributed by atoms with Crippen molar-refractivity contribution in [3.05, 3.63) is 47.3 Å². The van der Waals surface area contributed by atoms with Crippen molar-refractivity contribution in [2.75, 3.05) is 36.4 Å². The number of amides is 1. The zero-order chi connectivity index (χ0) is 22.0. The van der Waals surface area contributed by atoms with Crippen molar-refractivity contribution in [1.29, 1.82) is 0 Å². The van der Waals surface area contributed by atoms with Crippen LogP contribution in [0.4, 0.5) is 24.8 Å². The standard InChI is InChI=1S/C22H26F3N5O/c1-15-5-4-6-16(13-15)27-20(31)18-14-26-21(28-19(18)22(23,24)25)30-11-7-17(8-12-30)29-9-2-3-10-29/h4-6,13-14,17H,2-3,7-12H2,1H3,(H,27,31). The molecule has 2 aliphatic heterocycles. The van der Waals surface area contributed by atoms with Gasteiger partial charge in [0.05, 0.1) is 5.56 Å². The summed E-state index contributed by atoms with van der Waals surface area (Å²) in [6.45, 7) is 5.25. The summed E-state index contributed by atoms with van der Waals surface area (Å²) in [5.41, 5.74) is -0.474. The van der Waals surface area contributed by atoms with E-state index in [1.165, 1.54) is 12.8 Å². The van der Waals surface area contributed by atoms with E-state index in [1.54, 1.807) is 23.1 Å². The fourth-order valence-corrected chi connectivity index (χ4v) is 4.37. The SMILES string of the molecule is Cc1cccc(NC(=O)c2cnc(N3CCC(N4CCCC4)CC3)nc2C(F)(F)F)c1. The first-order valence-corrected chi connectivity index (χ1v) is 10.6. The number of nitrogens with one attached hydrogen (secondary N) is 1. The molecule has 0 unspecified atom stereocenters. The van der Waals surface area contributed by atoms with Crippen LogP contribution in [0.5, 0.6) is 0 Å². The molecule has 0 bridgehead atoms. The summed E-state index contributed by atoms with van der Waals surface area (Å²) in [5.74, 6) is -0.850. The fraction of sp³-hybridized carbons (Fsp3) is 0.500. The molecule has 31 heavy (non-hydrogen) atoms. The molecule has 1 amide bonds. The number of aryl methyl sites for hydroxylation is 1. The molecule has 2 fully saturated rings. The highest BCUT2D eigenvalue weighted by molar-refractivity contribution is 6.05. The Bertz CT molecular complexity index is 935. The van der Waals surface area contributed by atoms with Crippen LogP contribution < -0.4 is 10.2 Å². The highest BCUT2D eigenvalue weighted by Gasteiger charge is 2.39. The van der Waals surface area contributed by atoms with Gasteiger partial charge in [-0.05, 0) is 63.4 Å². The molecule has 2 aliphatic rings. The summed E-state index contributed by atoms with van der Waals surface area (Å²) in [6.07, 6.45) is 0.406. The maximum atomic E-state index is 13.7. The summed E-state index contributed by atoms with van der Waals surface area (Å²) >= 11 is 0. The normalized spacial score (nSPS) is 18.4. The Labute approximate surface area is 179 Å². The second kappa shape index (κ2) is 8.82. The number of anilines is 2. The molecule has 4 rings (SSSR count). The van der Waals surface area contributed by atoms with Crippen molar-refractivity contribution in [3.8, 4) is 0 Å². The summed E-state index contributed by atoms with van der Waals surface area (Å²) in [5, 5.41) is 2.51. The van der Waals surface area contributed by atoms with E-state index in [1.807, 2.05) is 13.0 Å². The average Bonchev–Trinajstić information content (AvgIpc) is 3.28. The Morgan fingerprint density at radius 3 is 2.48 bits per heavy atom. The van der Waals surface area contributed by atoms with Crippen LogP contribution in [0, 0.1) is 6.92 Å². The molecular weight excluding hydrogens is 407 g/mol. The van der Waals surface area contributed by atoms with Gasteiger partial charge in [0.1, 0.15) is 0 Å². The van der Waals surface area contributed by atoms with E-state index in [9.17, 15) is 18.0 Å². The molecule has 6 nitrogen and oxygen atoms in total. The summed E-state index contributed by atoms with van der Waals surface area (Å²) in [4.78, 5) is 24.7. The van der Waals surface area contributed by atoms with Gasteiger partial charge < -0.3 is 15.1 Å². The molecular formula is C22H26F3N5O. The highest BCUT2D eigenvalue weighted by atomic mass is 19.4. The van der Waals surface area contributed by atoms with Crippen LogP contribution in [0.1, 0.15) is 47.3 Å². The van der Waals surface area contributed by atoms with Gasteiger partial charge in [-0.15, -0.1) is 0 Å². The predicted octanol–water partition coefficient (Wildman–Crippen LogP) is 4.12. The number of rotatable bonds is 4. The lowest BCUT2D eigenvalue weighted by Gasteiger charge is -2.36. The van der Waals surface area contributed by atoms with Crippen LogP contribution in [-0.4, -0.2) is 53.0 Å². The first-order valence-electron chi connectivity index (χ1n) is 10.6. The van der Waals surface area contributed by atoms with Gasteiger partial charge in [0.25, 0.3) is 5.91 Å². The average molecular weight is 433 g/mol. The smallest absolute Gasteiger partial charge is 0.341 e. The molecule has 2 aromatic rings. The van der Waals surface area contributed by atoms with E-state index >= 15 is 0 Å². The Balaban J connectivity index is 1.51. The van der Waals surface area contributed by atoms with Crippen LogP contribution in [0.15, 0.2) is 30.5 Å². The third-order valence-corrected chi connectivity index (χ3v) is 5.97. The molecule has 0 spiro atoms. The lowest BCUT2D eigenvalue weighted by atomic mass is 10.0. The highest BCUT2D eigenvalue weighted by Crippen LogP contribution is 2.32. The summed E-state index contributed by atoms with van der Waals surface area (Å²) < 4.78 is 41.2. The van der Waals surface area contributed by atoms with Gasteiger partial charge in [0.2, 0.25) is 5.95 Å². The molecule has 0 atom stereocenters. The number of aromatic nitrogens is 2. The Morgan fingerprint density at radius 2 is 1.84 bits per heavy atom. The Hall–Kier alpha value is -2.68. The number of hydrogen-bond donors (Lipinski definition) is 1. The third kappa shape index (κ3) is 4.98. The number of alkyl halides is 3. The van der Waals surface area contributed by atoms with Gasteiger partial charge in [-0.1, -0.05) is 12.1 Å². The number of carbonyl (C=O) groups is 1. The van der Waals surface area contributed by atoms with Crippen molar-refractivity contribution >= 4 is 17.5 Å². The Kier molecular flexibility index (Phi) is 6.13. The minimum absolute atomic E-state index is 0.0271. The number of halogens is 3. The zero-order valence-electron chi connectivity index (χ0n) is 17.5. The lowest BCUT2D eigenvalue weighted by Crippen LogP contribution is -2.44. The fourth-order valence-electron chi connectivity index (χ4n) is 4.37. The number of hydrogen-bond acceptors (Lipinski definition) is 5. The van der Waals surface area contributed by atoms with Crippen LogP contribution in [-0.2, 0) is 6.18 Å². The second-order valence-electron chi connectivity index (χ2n) is 8.21. The van der Waals surface area contributed by atoms with Gasteiger partial charge >= 0.3 is 6.18 Å². The van der Waals surface area contributed by atoms with Gasteiger partial charge in [0, 0.05) is 31.0 Å². The van der Waals surface area contributed by atoms with Crippen LogP contribution in [0.25, 0.3) is 0 Å². The molecule has 3 heterocycles. The van der Waals surface area contributed by atoms with Crippen molar-refractivity contribution < 1.29 is 18.0 Å². The summed E-state index contributed by atoms with van der Waals surface area (Å²) in [7, 11) is 0. The first-order chi connectivity index (χ1) is 14.8. The van der Waals surface area contributed by atoms with Crippen molar-refractivity contribution in [3.63, 3.8) is 0 Å². The number of carbonyl (C=O) groups excluding carboxylic acids is 1. The maximum absolute atomic E-state index is 13.7. The number of benzene rings is 1. The molecule has 9 heteroatoms. The monoisotopic (exact) mass is 433 g/mol. The number of piperidine rings is 1. The van der Waals surface area contributed by atoms with E-state index in [4.69, 9.17) is 0 Å². The van der Waals surface area contributed by atoms with E-state index in [-0.39, 0.29) is 5.95 Å². The molecule has 166 valence electrons. The largest absolute Gasteiger partial charge is 0.434 e. The van der Waals surface area contributed by atoms with Crippen molar-refractivity contribution in [1.82, 2.24) is 14.9 Å². The van der Waals surface area contributed by atoms with E-state index < -0.39 is 23.3 Å². The van der Waals surface area contributed by atoms with E-state index in [0.717, 1.165) is 37.7 Å². The number of likely N-dealkylation sites (tertiary alicyclic amines) is 1. The molecule has 2 saturated heterocycles. The predicted molar refractivity (Wildman–Crippen MR) is 112 cm³/mol. The van der Waals surface area contributed by atoms with Gasteiger partial charge in [0.15, 0.2) is 5.69 Å². The van der Waals surface area contributed by atoms with Gasteiger partial charge in [-0.25, -0.2) is 9.97 Å². The van der Waals surface area contributed by atoms with Crippen molar-refractivity contribution in [2.45, 2.75) is 44.8 Å².